The topological polar surface area (TPSA) is 64.6 Å². The molecule has 0 fully saturated rings. The zero-order chi connectivity index (χ0) is 16.7. The van der Waals surface area contributed by atoms with Crippen LogP contribution in [0.25, 0.3) is 0 Å². The minimum absolute atomic E-state index is 0.0698. The second kappa shape index (κ2) is 7.93. The van der Waals surface area contributed by atoms with Gasteiger partial charge in [0, 0.05) is 17.7 Å². The van der Waals surface area contributed by atoms with Crippen LogP contribution in [0, 0.1) is 5.82 Å². The van der Waals surface area contributed by atoms with E-state index in [9.17, 15) is 14.0 Å². The van der Waals surface area contributed by atoms with E-state index in [0.717, 1.165) is 0 Å². The van der Waals surface area contributed by atoms with Gasteiger partial charge >= 0.3 is 0 Å². The van der Waals surface area contributed by atoms with Crippen molar-refractivity contribution in [2.75, 3.05) is 13.7 Å². The van der Waals surface area contributed by atoms with Crippen molar-refractivity contribution in [2.45, 2.75) is 6.54 Å². The van der Waals surface area contributed by atoms with Gasteiger partial charge < -0.3 is 14.8 Å². The molecule has 0 bridgehead atoms. The Kier molecular flexibility index (Phi) is 5.68. The molecule has 0 saturated carbocycles. The first kappa shape index (κ1) is 16.5. The molecular formula is C17H16FNO4. The molecule has 2 rings (SSSR count). The van der Waals surface area contributed by atoms with Crippen LogP contribution in [-0.2, 0) is 11.3 Å². The van der Waals surface area contributed by atoms with Crippen LogP contribution in [0.1, 0.15) is 15.9 Å². The Hall–Kier alpha value is -2.89. The van der Waals surface area contributed by atoms with Crippen molar-refractivity contribution < 1.29 is 23.5 Å². The van der Waals surface area contributed by atoms with Gasteiger partial charge in [0.25, 0.3) is 5.91 Å². The van der Waals surface area contributed by atoms with E-state index >= 15 is 0 Å². The van der Waals surface area contributed by atoms with E-state index in [4.69, 9.17) is 9.47 Å². The molecule has 0 unspecified atom stereocenters. The fraction of sp³-hybridized carbons (Fsp3) is 0.176. The Morgan fingerprint density at radius 3 is 2.70 bits per heavy atom. The Morgan fingerprint density at radius 1 is 1.22 bits per heavy atom. The monoisotopic (exact) mass is 317 g/mol. The van der Waals surface area contributed by atoms with Crippen LogP contribution in [0.2, 0.25) is 0 Å². The van der Waals surface area contributed by atoms with Crippen LogP contribution in [0.3, 0.4) is 0 Å². The van der Waals surface area contributed by atoms with Crippen molar-refractivity contribution >= 4 is 12.2 Å². The molecule has 5 nitrogen and oxygen atoms in total. The predicted octanol–water partition coefficient (Wildman–Crippen LogP) is 2.34. The summed E-state index contributed by atoms with van der Waals surface area (Å²) < 4.78 is 23.9. The quantitative estimate of drug-likeness (QED) is 0.796. The van der Waals surface area contributed by atoms with Gasteiger partial charge in [-0.25, -0.2) is 4.39 Å². The second-order valence-corrected chi connectivity index (χ2v) is 4.68. The molecule has 1 amide bonds. The molecule has 2 aromatic carbocycles. The highest BCUT2D eigenvalue weighted by molar-refractivity contribution is 5.78. The van der Waals surface area contributed by atoms with Crippen molar-refractivity contribution in [1.82, 2.24) is 5.32 Å². The second-order valence-electron chi connectivity index (χ2n) is 4.68. The normalized spacial score (nSPS) is 10.0. The average molecular weight is 317 g/mol. The molecule has 1 N–H and O–H groups in total. The van der Waals surface area contributed by atoms with Crippen molar-refractivity contribution in [3.8, 4) is 11.5 Å². The number of halogens is 1. The minimum atomic E-state index is -0.410. The maximum Gasteiger partial charge on any atom is 0.258 e. The lowest BCUT2D eigenvalue weighted by Gasteiger charge is -2.11. The maximum absolute atomic E-state index is 13.4. The van der Waals surface area contributed by atoms with Gasteiger partial charge in [0.05, 0.1) is 7.11 Å². The average Bonchev–Trinajstić information content (AvgIpc) is 2.58. The summed E-state index contributed by atoms with van der Waals surface area (Å²) in [7, 11) is 1.46. The van der Waals surface area contributed by atoms with E-state index in [0.29, 0.717) is 23.2 Å². The summed E-state index contributed by atoms with van der Waals surface area (Å²) in [6, 6.07) is 10.8. The zero-order valence-electron chi connectivity index (χ0n) is 12.5. The summed E-state index contributed by atoms with van der Waals surface area (Å²) in [4.78, 5) is 22.6. The summed E-state index contributed by atoms with van der Waals surface area (Å²) in [5, 5.41) is 2.56. The predicted molar refractivity (Wildman–Crippen MR) is 82.1 cm³/mol. The van der Waals surface area contributed by atoms with Gasteiger partial charge in [-0.15, -0.1) is 0 Å². The lowest BCUT2D eigenvalue weighted by Crippen LogP contribution is -2.28. The number of methoxy groups -OCH3 is 1. The summed E-state index contributed by atoms with van der Waals surface area (Å²) in [5.74, 6) is -0.0865. The molecule has 0 atom stereocenters. The van der Waals surface area contributed by atoms with Gasteiger partial charge in [-0.1, -0.05) is 18.2 Å². The van der Waals surface area contributed by atoms with Crippen LogP contribution >= 0.6 is 0 Å². The Balaban J connectivity index is 1.92. The third kappa shape index (κ3) is 4.54. The van der Waals surface area contributed by atoms with Crippen molar-refractivity contribution in [3.05, 3.63) is 59.4 Å². The number of aldehydes is 1. The Morgan fingerprint density at radius 2 is 2.00 bits per heavy atom. The maximum atomic E-state index is 13.4. The van der Waals surface area contributed by atoms with E-state index in [1.165, 1.54) is 19.2 Å². The number of benzene rings is 2. The van der Waals surface area contributed by atoms with Crippen molar-refractivity contribution in [3.63, 3.8) is 0 Å². The lowest BCUT2D eigenvalue weighted by molar-refractivity contribution is -0.123. The smallest absolute Gasteiger partial charge is 0.258 e. The SMILES string of the molecule is COc1ccc(C=O)cc1OCC(=O)NCc1ccccc1F. The molecule has 0 aliphatic carbocycles. The molecule has 23 heavy (non-hydrogen) atoms. The third-order valence-electron chi connectivity index (χ3n) is 3.12. The Labute approximate surface area is 133 Å². The van der Waals surface area contributed by atoms with Crippen LogP contribution in [0.5, 0.6) is 11.5 Å². The third-order valence-corrected chi connectivity index (χ3v) is 3.12. The number of carbonyl (C=O) groups is 2. The van der Waals surface area contributed by atoms with E-state index in [-0.39, 0.29) is 24.7 Å². The number of amides is 1. The van der Waals surface area contributed by atoms with E-state index in [2.05, 4.69) is 5.32 Å². The van der Waals surface area contributed by atoms with Gasteiger partial charge in [-0.05, 0) is 24.3 Å². The largest absolute Gasteiger partial charge is 0.493 e. The highest BCUT2D eigenvalue weighted by Gasteiger charge is 2.09. The van der Waals surface area contributed by atoms with Gasteiger partial charge in [-0.2, -0.15) is 0 Å². The molecule has 0 radical (unpaired) electrons. The summed E-state index contributed by atoms with van der Waals surface area (Å²) in [6.45, 7) is -0.201. The molecule has 0 spiro atoms. The fourth-order valence-electron chi connectivity index (χ4n) is 1.91. The molecular weight excluding hydrogens is 301 g/mol. The van der Waals surface area contributed by atoms with Crippen molar-refractivity contribution in [2.24, 2.45) is 0 Å². The van der Waals surface area contributed by atoms with E-state index in [1.807, 2.05) is 0 Å². The highest BCUT2D eigenvalue weighted by atomic mass is 19.1. The first-order chi connectivity index (χ1) is 11.1. The molecule has 6 heteroatoms. The number of nitrogens with one attached hydrogen (secondary N) is 1. The lowest BCUT2D eigenvalue weighted by atomic mass is 10.2. The van der Waals surface area contributed by atoms with Gasteiger partial charge in [-0.3, -0.25) is 9.59 Å². The van der Waals surface area contributed by atoms with E-state index in [1.54, 1.807) is 30.3 Å². The number of rotatable bonds is 7. The van der Waals surface area contributed by atoms with Crippen LogP contribution in [-0.4, -0.2) is 25.9 Å². The van der Waals surface area contributed by atoms with Crippen LogP contribution in [0.15, 0.2) is 42.5 Å². The molecule has 0 heterocycles. The van der Waals surface area contributed by atoms with Crippen LogP contribution < -0.4 is 14.8 Å². The van der Waals surface area contributed by atoms with Gasteiger partial charge in [0.1, 0.15) is 12.1 Å². The summed E-state index contributed by atoms with van der Waals surface area (Å²) in [5.41, 5.74) is 0.800. The Bertz CT molecular complexity index is 703. The molecule has 2 aromatic rings. The highest BCUT2D eigenvalue weighted by Crippen LogP contribution is 2.27. The number of hydrogen-bond donors (Lipinski definition) is 1. The molecule has 120 valence electrons. The van der Waals surface area contributed by atoms with Crippen molar-refractivity contribution in [1.29, 1.82) is 0 Å². The first-order valence-electron chi connectivity index (χ1n) is 6.90. The first-order valence-corrected chi connectivity index (χ1v) is 6.90. The standard InChI is InChI=1S/C17H16FNO4/c1-22-15-7-6-12(10-20)8-16(15)23-11-17(21)19-9-13-4-2-3-5-14(13)18/h2-8,10H,9,11H2,1H3,(H,19,21). The van der Waals surface area contributed by atoms with E-state index < -0.39 is 5.91 Å². The zero-order valence-corrected chi connectivity index (χ0v) is 12.5. The summed E-state index contributed by atoms with van der Waals surface area (Å²) in [6.07, 6.45) is 0.671. The van der Waals surface area contributed by atoms with Gasteiger partial charge in [0.15, 0.2) is 18.1 Å². The number of carbonyl (C=O) groups excluding carboxylic acids is 2. The number of ether oxygens (including phenoxy) is 2. The minimum Gasteiger partial charge on any atom is -0.493 e. The number of hydrogen-bond acceptors (Lipinski definition) is 4. The molecule has 0 aromatic heterocycles. The van der Waals surface area contributed by atoms with Crippen LogP contribution in [0.4, 0.5) is 4.39 Å². The summed E-state index contributed by atoms with van der Waals surface area (Å²) >= 11 is 0. The molecule has 0 aliphatic rings. The molecule has 0 aliphatic heterocycles. The van der Waals surface area contributed by atoms with Gasteiger partial charge in [0.2, 0.25) is 0 Å². The molecule has 0 saturated heterocycles. The fourth-order valence-corrected chi connectivity index (χ4v) is 1.91.